The van der Waals surface area contributed by atoms with E-state index in [1.165, 1.54) is 11.1 Å². The molecule has 2 heteroatoms. The molecule has 0 aliphatic heterocycles. The summed E-state index contributed by atoms with van der Waals surface area (Å²) in [6.45, 7) is 0. The molecule has 0 heterocycles. The summed E-state index contributed by atoms with van der Waals surface area (Å²) in [5.41, 5.74) is 2.67. The van der Waals surface area contributed by atoms with E-state index in [0.29, 0.717) is 0 Å². The summed E-state index contributed by atoms with van der Waals surface area (Å²) < 4.78 is 1.14. The second-order valence-electron chi connectivity index (χ2n) is 3.27. The van der Waals surface area contributed by atoms with Crippen molar-refractivity contribution < 1.29 is 5.11 Å². The monoisotopic (exact) mass is 226 g/mol. The van der Waals surface area contributed by atoms with E-state index < -0.39 is 0 Å². The van der Waals surface area contributed by atoms with E-state index in [0.717, 1.165) is 23.7 Å². The number of hydrogen-bond donors (Lipinski definition) is 1. The lowest BCUT2D eigenvalue weighted by molar-refractivity contribution is 0.158. The van der Waals surface area contributed by atoms with Gasteiger partial charge in [0.25, 0.3) is 0 Å². The van der Waals surface area contributed by atoms with Crippen molar-refractivity contribution in [3.63, 3.8) is 0 Å². The number of halogens is 1. The molecule has 1 aliphatic carbocycles. The van der Waals surface area contributed by atoms with Gasteiger partial charge in [-0.25, -0.2) is 0 Å². The molecule has 0 unspecified atom stereocenters. The van der Waals surface area contributed by atoms with Crippen molar-refractivity contribution in [2.75, 3.05) is 0 Å². The van der Waals surface area contributed by atoms with Crippen LogP contribution in [0.5, 0.6) is 0 Å². The highest BCUT2D eigenvalue weighted by Gasteiger charge is 2.17. The van der Waals surface area contributed by atoms with Gasteiger partial charge in [-0.15, -0.1) is 0 Å². The van der Waals surface area contributed by atoms with Crippen LogP contribution in [0.1, 0.15) is 17.5 Å². The Balaban J connectivity index is 2.43. The highest BCUT2D eigenvalue weighted by Crippen LogP contribution is 2.27. The Bertz CT molecular complexity index is 296. The van der Waals surface area contributed by atoms with Crippen LogP contribution in [0.25, 0.3) is 0 Å². The Morgan fingerprint density at radius 2 is 2.25 bits per heavy atom. The van der Waals surface area contributed by atoms with Crippen molar-refractivity contribution >= 4 is 15.9 Å². The summed E-state index contributed by atoms with van der Waals surface area (Å²) in [4.78, 5) is 0. The van der Waals surface area contributed by atoms with Gasteiger partial charge in [-0.2, -0.15) is 0 Å². The number of benzene rings is 1. The van der Waals surface area contributed by atoms with Crippen LogP contribution in [0.2, 0.25) is 0 Å². The van der Waals surface area contributed by atoms with Crippen LogP contribution in [0.4, 0.5) is 0 Å². The largest absolute Gasteiger partial charge is 0.393 e. The van der Waals surface area contributed by atoms with E-state index in [1.807, 2.05) is 6.07 Å². The Hall–Kier alpha value is -0.340. The van der Waals surface area contributed by atoms with Crippen LogP contribution in [0.15, 0.2) is 22.7 Å². The summed E-state index contributed by atoms with van der Waals surface area (Å²) in [6, 6.07) is 6.24. The average Bonchev–Trinajstić information content (AvgIpc) is 2.07. The molecule has 0 aromatic heterocycles. The van der Waals surface area contributed by atoms with Crippen molar-refractivity contribution in [3.8, 4) is 0 Å². The third-order valence-corrected chi connectivity index (χ3v) is 3.15. The standard InChI is InChI=1S/C10H11BrO/c11-10-3-1-2-7-4-5-8(12)6-9(7)10/h1-3,8,12H,4-6H2/t8-/m1/s1. The minimum atomic E-state index is -0.142. The molecular formula is C10H11BrO. The van der Waals surface area contributed by atoms with Gasteiger partial charge in [-0.1, -0.05) is 28.1 Å². The molecule has 0 bridgehead atoms. The van der Waals surface area contributed by atoms with Gasteiger partial charge in [0.15, 0.2) is 0 Å². The van der Waals surface area contributed by atoms with Gasteiger partial charge in [0, 0.05) is 4.47 Å². The fourth-order valence-electron chi connectivity index (χ4n) is 1.73. The number of hydrogen-bond acceptors (Lipinski definition) is 1. The molecule has 0 radical (unpaired) electrons. The van der Waals surface area contributed by atoms with Crippen LogP contribution in [0.3, 0.4) is 0 Å². The summed E-state index contributed by atoms with van der Waals surface area (Å²) in [7, 11) is 0. The van der Waals surface area contributed by atoms with Crippen LogP contribution < -0.4 is 0 Å². The first-order valence-corrected chi connectivity index (χ1v) is 5.01. The Labute approximate surface area is 80.5 Å². The smallest absolute Gasteiger partial charge is 0.0584 e. The van der Waals surface area contributed by atoms with Gasteiger partial charge in [0.1, 0.15) is 0 Å². The molecule has 1 nitrogen and oxygen atoms in total. The minimum Gasteiger partial charge on any atom is -0.393 e. The van der Waals surface area contributed by atoms with Gasteiger partial charge >= 0.3 is 0 Å². The highest BCUT2D eigenvalue weighted by atomic mass is 79.9. The van der Waals surface area contributed by atoms with Crippen molar-refractivity contribution in [2.24, 2.45) is 0 Å². The maximum atomic E-state index is 9.46. The fraction of sp³-hybridized carbons (Fsp3) is 0.400. The SMILES string of the molecule is O[C@@H]1CCc2cccc(Br)c2C1. The van der Waals surface area contributed by atoms with E-state index in [1.54, 1.807) is 0 Å². The number of aryl methyl sites for hydroxylation is 1. The average molecular weight is 227 g/mol. The zero-order chi connectivity index (χ0) is 8.55. The molecule has 12 heavy (non-hydrogen) atoms. The predicted octanol–water partition coefficient (Wildman–Crippen LogP) is 2.30. The van der Waals surface area contributed by atoms with E-state index in [-0.39, 0.29) is 6.10 Å². The topological polar surface area (TPSA) is 20.2 Å². The Morgan fingerprint density at radius 1 is 1.42 bits per heavy atom. The first-order valence-electron chi connectivity index (χ1n) is 4.21. The third-order valence-electron chi connectivity index (χ3n) is 2.40. The molecule has 1 N–H and O–H groups in total. The normalized spacial score (nSPS) is 22.0. The number of aliphatic hydroxyl groups excluding tert-OH is 1. The number of rotatable bonds is 0. The molecule has 64 valence electrons. The van der Waals surface area contributed by atoms with Crippen LogP contribution in [-0.4, -0.2) is 11.2 Å². The maximum absolute atomic E-state index is 9.46. The molecular weight excluding hydrogens is 216 g/mol. The molecule has 1 aromatic carbocycles. The first-order chi connectivity index (χ1) is 5.77. The van der Waals surface area contributed by atoms with E-state index in [9.17, 15) is 5.11 Å². The van der Waals surface area contributed by atoms with Gasteiger partial charge in [0.2, 0.25) is 0 Å². The molecule has 0 spiro atoms. The maximum Gasteiger partial charge on any atom is 0.0584 e. The lowest BCUT2D eigenvalue weighted by Gasteiger charge is -2.21. The molecule has 0 fully saturated rings. The molecule has 2 rings (SSSR count). The molecule has 0 saturated heterocycles. The predicted molar refractivity (Wildman–Crippen MR) is 52.2 cm³/mol. The fourth-order valence-corrected chi connectivity index (χ4v) is 2.30. The van der Waals surface area contributed by atoms with E-state index in [2.05, 4.69) is 28.1 Å². The summed E-state index contributed by atoms with van der Waals surface area (Å²) >= 11 is 3.50. The molecule has 1 aromatic rings. The Kier molecular flexibility index (Phi) is 2.20. The van der Waals surface area contributed by atoms with Gasteiger partial charge in [-0.05, 0) is 36.5 Å². The summed E-state index contributed by atoms with van der Waals surface area (Å²) in [5.74, 6) is 0. The second-order valence-corrected chi connectivity index (χ2v) is 4.13. The Morgan fingerprint density at radius 3 is 3.08 bits per heavy atom. The van der Waals surface area contributed by atoms with Gasteiger partial charge in [0.05, 0.1) is 6.10 Å². The summed E-state index contributed by atoms with van der Waals surface area (Å²) in [6.07, 6.45) is 2.58. The molecule has 1 atom stereocenters. The van der Waals surface area contributed by atoms with E-state index in [4.69, 9.17) is 0 Å². The molecule has 1 aliphatic rings. The third kappa shape index (κ3) is 1.41. The van der Waals surface area contributed by atoms with Crippen molar-refractivity contribution in [1.82, 2.24) is 0 Å². The van der Waals surface area contributed by atoms with Crippen LogP contribution >= 0.6 is 15.9 Å². The van der Waals surface area contributed by atoms with Crippen LogP contribution in [0, 0.1) is 0 Å². The summed E-state index contributed by atoms with van der Waals surface area (Å²) in [5, 5.41) is 9.46. The number of aliphatic hydroxyl groups is 1. The van der Waals surface area contributed by atoms with Crippen LogP contribution in [-0.2, 0) is 12.8 Å². The molecule has 0 amide bonds. The number of fused-ring (bicyclic) bond motifs is 1. The van der Waals surface area contributed by atoms with Crippen molar-refractivity contribution in [1.29, 1.82) is 0 Å². The van der Waals surface area contributed by atoms with Crippen molar-refractivity contribution in [2.45, 2.75) is 25.4 Å². The van der Waals surface area contributed by atoms with Gasteiger partial charge < -0.3 is 5.11 Å². The lowest BCUT2D eigenvalue weighted by atomic mass is 9.90. The first kappa shape index (κ1) is 8.27. The lowest BCUT2D eigenvalue weighted by Crippen LogP contribution is -2.18. The second kappa shape index (κ2) is 3.19. The highest BCUT2D eigenvalue weighted by molar-refractivity contribution is 9.10. The minimum absolute atomic E-state index is 0.142. The quantitative estimate of drug-likeness (QED) is 0.720. The van der Waals surface area contributed by atoms with Crippen molar-refractivity contribution in [3.05, 3.63) is 33.8 Å². The van der Waals surface area contributed by atoms with E-state index >= 15 is 0 Å². The molecule has 0 saturated carbocycles. The zero-order valence-electron chi connectivity index (χ0n) is 6.76. The van der Waals surface area contributed by atoms with Gasteiger partial charge in [-0.3, -0.25) is 0 Å². The zero-order valence-corrected chi connectivity index (χ0v) is 8.34.